The number of carbonyl (C=O) groups is 1. The van der Waals surface area contributed by atoms with Crippen LogP contribution in [0.2, 0.25) is 0 Å². The molecule has 2 aliphatic rings. The van der Waals surface area contributed by atoms with Crippen molar-refractivity contribution in [3.8, 4) is 0 Å². The molecule has 0 bridgehead atoms. The topological polar surface area (TPSA) is 37.3 Å². The van der Waals surface area contributed by atoms with Crippen LogP contribution >= 0.6 is 0 Å². The highest BCUT2D eigenvalue weighted by Crippen LogP contribution is 2.71. The predicted molar refractivity (Wildman–Crippen MR) is 50.3 cm³/mol. The molecule has 2 saturated carbocycles. The molecule has 1 N–H and O–H groups in total. The molecule has 0 aromatic heterocycles. The van der Waals surface area contributed by atoms with Crippen LogP contribution < -0.4 is 0 Å². The lowest BCUT2D eigenvalue weighted by atomic mass is 9.87. The van der Waals surface area contributed by atoms with Crippen molar-refractivity contribution in [2.24, 2.45) is 29.1 Å². The van der Waals surface area contributed by atoms with Gasteiger partial charge >= 0.3 is 5.97 Å². The monoisotopic (exact) mass is 182 g/mol. The summed E-state index contributed by atoms with van der Waals surface area (Å²) in [5, 5.41) is 9.02. The third-order valence-electron chi connectivity index (χ3n) is 4.51. The lowest BCUT2D eigenvalue weighted by Gasteiger charge is -2.18. The normalized spacial score (nSPS) is 47.8. The molecule has 13 heavy (non-hydrogen) atoms. The minimum absolute atomic E-state index is 0.0684. The van der Waals surface area contributed by atoms with Gasteiger partial charge in [0, 0.05) is 0 Å². The van der Waals surface area contributed by atoms with Crippen LogP contribution in [0.1, 0.15) is 33.6 Å². The van der Waals surface area contributed by atoms with Crippen LogP contribution in [0.5, 0.6) is 0 Å². The van der Waals surface area contributed by atoms with Gasteiger partial charge in [0.25, 0.3) is 0 Å². The van der Waals surface area contributed by atoms with Crippen molar-refractivity contribution in [1.82, 2.24) is 0 Å². The molecule has 2 nitrogen and oxygen atoms in total. The fourth-order valence-corrected chi connectivity index (χ4v) is 3.38. The van der Waals surface area contributed by atoms with E-state index in [1.807, 2.05) is 0 Å². The number of aliphatic carboxylic acids is 1. The van der Waals surface area contributed by atoms with E-state index in [1.54, 1.807) is 0 Å². The molecule has 2 heteroatoms. The van der Waals surface area contributed by atoms with Crippen molar-refractivity contribution >= 4 is 5.97 Å². The van der Waals surface area contributed by atoms with Gasteiger partial charge < -0.3 is 5.11 Å². The predicted octanol–water partition coefficient (Wildman–Crippen LogP) is 2.39. The number of rotatable bonds is 2. The van der Waals surface area contributed by atoms with E-state index in [0.717, 1.165) is 6.42 Å². The first-order valence-electron chi connectivity index (χ1n) is 5.22. The number of hydrogen-bond donors (Lipinski definition) is 1. The van der Waals surface area contributed by atoms with Crippen molar-refractivity contribution in [3.05, 3.63) is 0 Å². The van der Waals surface area contributed by atoms with Gasteiger partial charge in [-0.05, 0) is 36.0 Å². The van der Waals surface area contributed by atoms with Gasteiger partial charge in [-0.1, -0.05) is 20.8 Å². The zero-order valence-electron chi connectivity index (χ0n) is 8.58. The highest BCUT2D eigenvalue weighted by atomic mass is 16.4. The molecule has 0 radical (unpaired) electrons. The molecule has 0 aliphatic heterocycles. The number of fused-ring (bicyclic) bond motifs is 1. The summed E-state index contributed by atoms with van der Waals surface area (Å²) in [4.78, 5) is 10.9. The molecule has 2 rings (SSSR count). The van der Waals surface area contributed by atoms with Crippen molar-refractivity contribution in [2.45, 2.75) is 33.6 Å². The van der Waals surface area contributed by atoms with Gasteiger partial charge in [-0.2, -0.15) is 0 Å². The molecule has 0 aromatic rings. The molecule has 74 valence electrons. The van der Waals surface area contributed by atoms with E-state index in [9.17, 15) is 4.79 Å². The first-order valence-corrected chi connectivity index (χ1v) is 5.22. The molecule has 0 heterocycles. The van der Waals surface area contributed by atoms with Crippen molar-refractivity contribution in [1.29, 1.82) is 0 Å². The highest BCUT2D eigenvalue weighted by molar-refractivity contribution is 5.71. The zero-order valence-corrected chi connectivity index (χ0v) is 8.58. The highest BCUT2D eigenvalue weighted by Gasteiger charge is 2.66. The Morgan fingerprint density at radius 2 is 2.08 bits per heavy atom. The van der Waals surface area contributed by atoms with E-state index in [-0.39, 0.29) is 5.92 Å². The Hall–Kier alpha value is -0.530. The van der Waals surface area contributed by atoms with Gasteiger partial charge in [0.05, 0.1) is 5.92 Å². The number of carboxylic acids is 1. The fraction of sp³-hybridized carbons (Fsp3) is 0.909. The Morgan fingerprint density at radius 3 is 2.38 bits per heavy atom. The Labute approximate surface area is 79.3 Å². The van der Waals surface area contributed by atoms with Crippen LogP contribution in [-0.4, -0.2) is 11.1 Å². The average Bonchev–Trinajstić information content (AvgIpc) is 2.68. The molecular weight excluding hydrogens is 164 g/mol. The third kappa shape index (κ3) is 1.04. The Morgan fingerprint density at radius 1 is 1.46 bits per heavy atom. The van der Waals surface area contributed by atoms with Crippen LogP contribution in [0.25, 0.3) is 0 Å². The van der Waals surface area contributed by atoms with Crippen LogP contribution in [0.4, 0.5) is 0 Å². The maximum absolute atomic E-state index is 10.9. The Bertz CT molecular complexity index is 246. The molecule has 0 amide bonds. The maximum atomic E-state index is 10.9. The Balaban J connectivity index is 2.15. The van der Waals surface area contributed by atoms with E-state index in [0.29, 0.717) is 23.2 Å². The summed E-state index contributed by atoms with van der Waals surface area (Å²) in [5.74, 6) is 1.11. The summed E-state index contributed by atoms with van der Waals surface area (Å²) in [7, 11) is 0. The SMILES string of the molecule is CC1C(C(=O)O)CC2(C(C)C)CC12. The van der Waals surface area contributed by atoms with E-state index in [1.165, 1.54) is 6.42 Å². The van der Waals surface area contributed by atoms with Crippen molar-refractivity contribution in [3.63, 3.8) is 0 Å². The summed E-state index contributed by atoms with van der Waals surface area (Å²) in [6.45, 7) is 6.58. The quantitative estimate of drug-likeness (QED) is 0.712. The zero-order chi connectivity index (χ0) is 9.80. The second kappa shape index (κ2) is 2.49. The summed E-state index contributed by atoms with van der Waals surface area (Å²) in [6, 6.07) is 0. The summed E-state index contributed by atoms with van der Waals surface area (Å²) >= 11 is 0. The van der Waals surface area contributed by atoms with Gasteiger partial charge in [-0.25, -0.2) is 0 Å². The molecule has 4 atom stereocenters. The first kappa shape index (κ1) is 9.04. The van der Waals surface area contributed by atoms with Gasteiger partial charge in [-0.15, -0.1) is 0 Å². The standard InChI is InChI=1S/C11H18O2/c1-6(2)11-4-8(10(12)13)7(3)9(11)5-11/h6-9H,4-5H2,1-3H3,(H,12,13). The van der Waals surface area contributed by atoms with Gasteiger partial charge in [0.2, 0.25) is 0 Å². The minimum atomic E-state index is -0.584. The molecule has 0 aromatic carbocycles. The van der Waals surface area contributed by atoms with Crippen LogP contribution in [0.15, 0.2) is 0 Å². The van der Waals surface area contributed by atoms with Crippen molar-refractivity contribution < 1.29 is 9.90 Å². The molecule has 2 fully saturated rings. The molecular formula is C11H18O2. The lowest BCUT2D eigenvalue weighted by molar-refractivity contribution is -0.143. The average molecular weight is 182 g/mol. The number of hydrogen-bond acceptors (Lipinski definition) is 1. The van der Waals surface area contributed by atoms with Gasteiger partial charge in [0.1, 0.15) is 0 Å². The van der Waals surface area contributed by atoms with Crippen molar-refractivity contribution in [2.75, 3.05) is 0 Å². The minimum Gasteiger partial charge on any atom is -0.481 e. The Kier molecular flexibility index (Phi) is 1.73. The third-order valence-corrected chi connectivity index (χ3v) is 4.51. The lowest BCUT2D eigenvalue weighted by Crippen LogP contribution is -2.20. The van der Waals surface area contributed by atoms with Gasteiger partial charge in [-0.3, -0.25) is 4.79 Å². The fourth-order valence-electron chi connectivity index (χ4n) is 3.38. The molecule has 2 aliphatic carbocycles. The summed E-state index contributed by atoms with van der Waals surface area (Å²) in [5.41, 5.74) is 0.405. The summed E-state index contributed by atoms with van der Waals surface area (Å²) in [6.07, 6.45) is 2.20. The van der Waals surface area contributed by atoms with Crippen LogP contribution in [-0.2, 0) is 4.79 Å². The largest absolute Gasteiger partial charge is 0.481 e. The second-order valence-corrected chi connectivity index (χ2v) is 5.21. The number of carboxylic acid groups (broad SMARTS) is 1. The molecule has 0 saturated heterocycles. The summed E-state index contributed by atoms with van der Waals surface area (Å²) < 4.78 is 0. The van der Waals surface area contributed by atoms with Gasteiger partial charge in [0.15, 0.2) is 0 Å². The first-order chi connectivity index (χ1) is 5.99. The van der Waals surface area contributed by atoms with E-state index >= 15 is 0 Å². The molecule has 0 spiro atoms. The van der Waals surface area contributed by atoms with E-state index in [4.69, 9.17) is 5.11 Å². The second-order valence-electron chi connectivity index (χ2n) is 5.21. The maximum Gasteiger partial charge on any atom is 0.306 e. The van der Waals surface area contributed by atoms with E-state index < -0.39 is 5.97 Å². The van der Waals surface area contributed by atoms with Crippen LogP contribution in [0, 0.1) is 29.1 Å². The van der Waals surface area contributed by atoms with E-state index in [2.05, 4.69) is 20.8 Å². The van der Waals surface area contributed by atoms with Crippen LogP contribution in [0.3, 0.4) is 0 Å². The molecule has 4 unspecified atom stereocenters. The smallest absolute Gasteiger partial charge is 0.306 e.